The Bertz CT molecular complexity index is 446. The summed E-state index contributed by atoms with van der Waals surface area (Å²) >= 11 is 0. The normalized spacial score (nSPS) is 14.6. The Morgan fingerprint density at radius 1 is 1.24 bits per heavy atom. The summed E-state index contributed by atoms with van der Waals surface area (Å²) in [5.74, 6) is 1.44. The molecule has 0 aliphatic carbocycles. The number of hydrogen-bond donors (Lipinski definition) is 1. The Morgan fingerprint density at radius 3 is 2.35 bits per heavy atom. The first kappa shape index (κ1) is 13.8. The fourth-order valence-electron chi connectivity index (χ4n) is 2.10. The van der Waals surface area contributed by atoms with Crippen LogP contribution in [0, 0.1) is 19.8 Å². The molecule has 2 atom stereocenters. The summed E-state index contributed by atoms with van der Waals surface area (Å²) in [4.78, 5) is 11.5. The minimum Gasteiger partial charge on any atom is -0.507 e. The van der Waals surface area contributed by atoms with Gasteiger partial charge in [0, 0.05) is 11.5 Å². The summed E-state index contributed by atoms with van der Waals surface area (Å²) in [7, 11) is 0. The third-order valence-electron chi connectivity index (χ3n) is 3.49. The Balaban J connectivity index is 3.10. The van der Waals surface area contributed by atoms with Crippen LogP contribution in [0.5, 0.6) is 5.75 Å². The van der Waals surface area contributed by atoms with Gasteiger partial charge in [0.1, 0.15) is 11.5 Å². The van der Waals surface area contributed by atoms with E-state index in [1.807, 2.05) is 6.92 Å². The third kappa shape index (κ3) is 2.90. The highest BCUT2D eigenvalue weighted by Gasteiger charge is 2.19. The van der Waals surface area contributed by atoms with Crippen LogP contribution in [0.15, 0.2) is 9.21 Å². The lowest BCUT2D eigenvalue weighted by atomic mass is 9.91. The van der Waals surface area contributed by atoms with Crippen molar-refractivity contribution in [2.45, 2.75) is 53.4 Å². The number of aromatic hydroxyl groups is 1. The molecule has 3 nitrogen and oxygen atoms in total. The van der Waals surface area contributed by atoms with Crippen LogP contribution in [0.1, 0.15) is 56.4 Å². The van der Waals surface area contributed by atoms with E-state index in [0.29, 0.717) is 22.8 Å². The Hall–Kier alpha value is -1.25. The van der Waals surface area contributed by atoms with Crippen molar-refractivity contribution < 1.29 is 9.52 Å². The van der Waals surface area contributed by atoms with E-state index in [0.717, 1.165) is 12.8 Å². The van der Waals surface area contributed by atoms with Gasteiger partial charge in [0.2, 0.25) is 0 Å². The lowest BCUT2D eigenvalue weighted by molar-refractivity contribution is 0.364. The summed E-state index contributed by atoms with van der Waals surface area (Å²) < 4.78 is 5.31. The molecule has 96 valence electrons. The lowest BCUT2D eigenvalue weighted by Gasteiger charge is -2.17. The highest BCUT2D eigenvalue weighted by atomic mass is 16.4. The molecule has 0 bridgehead atoms. The second kappa shape index (κ2) is 5.39. The minimum absolute atomic E-state index is 0.0762. The Morgan fingerprint density at radius 2 is 1.82 bits per heavy atom. The van der Waals surface area contributed by atoms with Crippen molar-refractivity contribution in [1.29, 1.82) is 0 Å². The van der Waals surface area contributed by atoms with Crippen LogP contribution in [0.2, 0.25) is 0 Å². The van der Waals surface area contributed by atoms with Crippen molar-refractivity contribution in [3.8, 4) is 5.75 Å². The molecule has 1 aromatic rings. The Kier molecular flexibility index (Phi) is 4.38. The minimum atomic E-state index is -0.431. The molecule has 0 aromatic carbocycles. The van der Waals surface area contributed by atoms with Crippen molar-refractivity contribution in [1.82, 2.24) is 0 Å². The molecule has 1 N–H and O–H groups in total. The fraction of sp³-hybridized carbons (Fsp3) is 0.643. The first-order valence-electron chi connectivity index (χ1n) is 6.21. The average molecular weight is 238 g/mol. The molecule has 0 aliphatic heterocycles. The largest absolute Gasteiger partial charge is 0.507 e. The van der Waals surface area contributed by atoms with Crippen LogP contribution in [-0.2, 0) is 0 Å². The molecule has 0 saturated carbocycles. The molecule has 0 radical (unpaired) electrons. The molecule has 2 unspecified atom stereocenters. The van der Waals surface area contributed by atoms with E-state index in [1.54, 1.807) is 13.8 Å². The summed E-state index contributed by atoms with van der Waals surface area (Å²) in [5.41, 5.74) is 0.555. The van der Waals surface area contributed by atoms with Gasteiger partial charge in [-0.1, -0.05) is 27.2 Å². The summed E-state index contributed by atoms with van der Waals surface area (Å²) in [6, 6.07) is 0. The van der Waals surface area contributed by atoms with Gasteiger partial charge in [-0.3, -0.25) is 0 Å². The van der Waals surface area contributed by atoms with Gasteiger partial charge in [0.05, 0.1) is 5.56 Å². The average Bonchev–Trinajstić information content (AvgIpc) is 2.30. The van der Waals surface area contributed by atoms with E-state index in [2.05, 4.69) is 13.8 Å². The van der Waals surface area contributed by atoms with Crippen LogP contribution in [0.25, 0.3) is 0 Å². The zero-order valence-electron chi connectivity index (χ0n) is 11.3. The molecule has 1 aromatic heterocycles. The molecule has 0 aliphatic rings. The van der Waals surface area contributed by atoms with Crippen LogP contribution < -0.4 is 5.63 Å². The van der Waals surface area contributed by atoms with E-state index in [1.165, 1.54) is 0 Å². The van der Waals surface area contributed by atoms with Gasteiger partial charge in [-0.2, -0.15) is 0 Å². The van der Waals surface area contributed by atoms with Crippen LogP contribution in [0.3, 0.4) is 0 Å². The van der Waals surface area contributed by atoms with Crippen molar-refractivity contribution in [2.75, 3.05) is 0 Å². The molecule has 1 rings (SSSR count). The maximum absolute atomic E-state index is 11.5. The number of rotatable bonds is 4. The molecule has 3 heteroatoms. The smallest absolute Gasteiger partial charge is 0.342 e. The van der Waals surface area contributed by atoms with Crippen LogP contribution in [0.4, 0.5) is 0 Å². The van der Waals surface area contributed by atoms with E-state index >= 15 is 0 Å². The molecular formula is C14H22O3. The predicted molar refractivity (Wildman–Crippen MR) is 68.6 cm³/mol. The van der Waals surface area contributed by atoms with Crippen molar-refractivity contribution in [3.63, 3.8) is 0 Å². The van der Waals surface area contributed by atoms with Gasteiger partial charge in [-0.15, -0.1) is 0 Å². The van der Waals surface area contributed by atoms with Gasteiger partial charge in [-0.25, -0.2) is 4.79 Å². The second-order valence-corrected chi connectivity index (χ2v) is 5.00. The molecule has 0 fully saturated rings. The zero-order chi connectivity index (χ0) is 13.2. The highest BCUT2D eigenvalue weighted by molar-refractivity contribution is 5.39. The van der Waals surface area contributed by atoms with Crippen molar-refractivity contribution >= 4 is 0 Å². The van der Waals surface area contributed by atoms with E-state index in [9.17, 15) is 9.90 Å². The van der Waals surface area contributed by atoms with Gasteiger partial charge < -0.3 is 9.52 Å². The highest BCUT2D eigenvalue weighted by Crippen LogP contribution is 2.31. The Labute approximate surface area is 102 Å². The monoisotopic (exact) mass is 238 g/mol. The second-order valence-electron chi connectivity index (χ2n) is 5.00. The molecule has 0 amide bonds. The maximum Gasteiger partial charge on any atom is 0.342 e. The topological polar surface area (TPSA) is 50.4 Å². The first-order chi connectivity index (χ1) is 7.88. The number of hydrogen-bond acceptors (Lipinski definition) is 3. The van der Waals surface area contributed by atoms with E-state index < -0.39 is 5.63 Å². The van der Waals surface area contributed by atoms with Crippen molar-refractivity contribution in [2.24, 2.45) is 5.92 Å². The summed E-state index contributed by atoms with van der Waals surface area (Å²) in [5, 5.41) is 9.85. The molecular weight excluding hydrogens is 216 g/mol. The SMILES string of the molecule is CCC(C)CC(C)c1oc(=O)c(C)c(O)c1C. The molecule has 1 heterocycles. The first-order valence-corrected chi connectivity index (χ1v) is 6.21. The molecule has 0 spiro atoms. The molecule has 0 saturated heterocycles. The van der Waals surface area contributed by atoms with Gasteiger partial charge >= 0.3 is 5.63 Å². The summed E-state index contributed by atoms with van der Waals surface area (Å²) in [6.07, 6.45) is 2.06. The quantitative estimate of drug-likeness (QED) is 0.873. The lowest BCUT2D eigenvalue weighted by Crippen LogP contribution is -2.11. The predicted octanol–water partition coefficient (Wildman–Crippen LogP) is 3.50. The zero-order valence-corrected chi connectivity index (χ0v) is 11.3. The van der Waals surface area contributed by atoms with Crippen molar-refractivity contribution in [3.05, 3.63) is 27.3 Å². The summed E-state index contributed by atoms with van der Waals surface area (Å²) in [6.45, 7) is 9.74. The fourth-order valence-corrected chi connectivity index (χ4v) is 2.10. The van der Waals surface area contributed by atoms with Gasteiger partial charge in [-0.05, 0) is 26.2 Å². The third-order valence-corrected chi connectivity index (χ3v) is 3.49. The standard InChI is InChI=1S/C14H22O3/c1-6-8(2)7-9(3)13-10(4)12(15)11(5)14(16)17-13/h8-9,15H,6-7H2,1-5H3. The van der Waals surface area contributed by atoms with Gasteiger partial charge in [0.15, 0.2) is 0 Å². The maximum atomic E-state index is 11.5. The van der Waals surface area contributed by atoms with E-state index in [-0.39, 0.29) is 11.7 Å². The molecule has 17 heavy (non-hydrogen) atoms. The van der Waals surface area contributed by atoms with Gasteiger partial charge in [0.25, 0.3) is 0 Å². The van der Waals surface area contributed by atoms with Crippen LogP contribution in [-0.4, -0.2) is 5.11 Å². The van der Waals surface area contributed by atoms with E-state index in [4.69, 9.17) is 4.42 Å². The van der Waals surface area contributed by atoms with Crippen LogP contribution >= 0.6 is 0 Å².